The Kier molecular flexibility index (Phi) is 3.33. The molecule has 0 fully saturated rings. The van der Waals surface area contributed by atoms with E-state index < -0.39 is 0 Å². The molecule has 0 radical (unpaired) electrons. The van der Waals surface area contributed by atoms with Crippen molar-refractivity contribution in [3.63, 3.8) is 0 Å². The molecule has 3 heterocycles. The van der Waals surface area contributed by atoms with E-state index in [0.29, 0.717) is 17.1 Å². The van der Waals surface area contributed by atoms with Crippen LogP contribution in [-0.2, 0) is 0 Å². The van der Waals surface area contributed by atoms with Gasteiger partial charge in [-0.2, -0.15) is 0 Å². The molecule has 0 N–H and O–H groups in total. The van der Waals surface area contributed by atoms with Gasteiger partial charge in [-0.15, -0.1) is 11.3 Å². The Balaban J connectivity index is 1.70. The van der Waals surface area contributed by atoms with Crippen LogP contribution >= 0.6 is 11.3 Å². The standard InChI is InChI=1S/C20H14N2O3S/c1-12-2-4-13(5-3-12)19-15(9-23)22-16(10-26-20(22)21-19)14-6-7-17-18(8-14)25-11-24-17/h2-10H,11H2,1H3. The zero-order valence-corrected chi connectivity index (χ0v) is 14.7. The van der Waals surface area contributed by atoms with Gasteiger partial charge in [0.2, 0.25) is 6.79 Å². The van der Waals surface area contributed by atoms with E-state index in [9.17, 15) is 4.79 Å². The van der Waals surface area contributed by atoms with Crippen molar-refractivity contribution in [3.8, 4) is 34.0 Å². The molecule has 1 aliphatic rings. The molecule has 0 bridgehead atoms. The summed E-state index contributed by atoms with van der Waals surface area (Å²) in [6.07, 6.45) is 0.873. The summed E-state index contributed by atoms with van der Waals surface area (Å²) in [6.45, 7) is 2.27. The first-order valence-electron chi connectivity index (χ1n) is 8.17. The molecule has 2 aromatic heterocycles. The van der Waals surface area contributed by atoms with Gasteiger partial charge in [0.05, 0.1) is 5.69 Å². The maximum Gasteiger partial charge on any atom is 0.231 e. The molecule has 0 spiro atoms. The first-order chi connectivity index (χ1) is 12.7. The minimum atomic E-state index is 0.236. The second-order valence-electron chi connectivity index (χ2n) is 6.14. The van der Waals surface area contributed by atoms with Gasteiger partial charge in [0.25, 0.3) is 0 Å². The lowest BCUT2D eigenvalue weighted by atomic mass is 10.1. The van der Waals surface area contributed by atoms with Crippen molar-refractivity contribution in [1.82, 2.24) is 9.38 Å². The highest BCUT2D eigenvalue weighted by atomic mass is 32.1. The normalized spacial score (nSPS) is 12.7. The van der Waals surface area contributed by atoms with Crippen molar-refractivity contribution in [2.24, 2.45) is 0 Å². The van der Waals surface area contributed by atoms with Crippen molar-refractivity contribution < 1.29 is 14.3 Å². The lowest BCUT2D eigenvalue weighted by molar-refractivity contribution is 0.111. The van der Waals surface area contributed by atoms with Crippen molar-refractivity contribution >= 4 is 22.6 Å². The maximum absolute atomic E-state index is 11.9. The third-order valence-corrected chi connectivity index (χ3v) is 5.33. The second kappa shape index (κ2) is 5.71. The maximum atomic E-state index is 11.9. The molecule has 1 aliphatic heterocycles. The molecule has 0 aliphatic carbocycles. The monoisotopic (exact) mass is 362 g/mol. The summed E-state index contributed by atoms with van der Waals surface area (Å²) in [5.41, 5.74) is 5.23. The second-order valence-corrected chi connectivity index (χ2v) is 6.97. The number of aromatic nitrogens is 2. The molecule has 4 aromatic rings. The average molecular weight is 362 g/mol. The molecule has 128 valence electrons. The van der Waals surface area contributed by atoms with Gasteiger partial charge < -0.3 is 9.47 Å². The van der Waals surface area contributed by atoms with E-state index in [0.717, 1.165) is 33.8 Å². The molecule has 0 amide bonds. The zero-order chi connectivity index (χ0) is 17.7. The highest BCUT2D eigenvalue weighted by molar-refractivity contribution is 7.15. The number of carbonyl (C=O) groups excluding carboxylic acids is 1. The smallest absolute Gasteiger partial charge is 0.231 e. The summed E-state index contributed by atoms with van der Waals surface area (Å²) in [5, 5.41) is 2.01. The summed E-state index contributed by atoms with van der Waals surface area (Å²) in [6, 6.07) is 13.8. The molecular weight excluding hydrogens is 348 g/mol. The quantitative estimate of drug-likeness (QED) is 0.501. The summed E-state index contributed by atoms with van der Waals surface area (Å²) < 4.78 is 12.8. The van der Waals surface area contributed by atoms with E-state index in [1.165, 1.54) is 16.9 Å². The van der Waals surface area contributed by atoms with Gasteiger partial charge in [-0.3, -0.25) is 9.20 Å². The average Bonchev–Trinajstić information content (AvgIpc) is 3.36. The number of nitrogens with zero attached hydrogens (tertiary/aromatic N) is 2. The van der Waals surface area contributed by atoms with Gasteiger partial charge in [0.1, 0.15) is 11.4 Å². The lowest BCUT2D eigenvalue weighted by Crippen LogP contribution is -1.94. The Morgan fingerprint density at radius 2 is 1.85 bits per heavy atom. The zero-order valence-electron chi connectivity index (χ0n) is 13.9. The number of imidazole rings is 1. The first kappa shape index (κ1) is 15.2. The summed E-state index contributed by atoms with van der Waals surface area (Å²) >= 11 is 1.51. The highest BCUT2D eigenvalue weighted by Crippen LogP contribution is 2.38. The van der Waals surface area contributed by atoms with Crippen LogP contribution in [0.3, 0.4) is 0 Å². The number of aldehydes is 1. The van der Waals surface area contributed by atoms with Crippen LogP contribution in [0.2, 0.25) is 0 Å². The Morgan fingerprint density at radius 1 is 1.08 bits per heavy atom. The number of aryl methyl sites for hydroxylation is 1. The largest absolute Gasteiger partial charge is 0.454 e. The van der Waals surface area contributed by atoms with Crippen LogP contribution in [0.15, 0.2) is 47.8 Å². The van der Waals surface area contributed by atoms with Gasteiger partial charge in [0.15, 0.2) is 22.7 Å². The number of carbonyl (C=O) groups is 1. The highest BCUT2D eigenvalue weighted by Gasteiger charge is 2.20. The third-order valence-electron chi connectivity index (χ3n) is 4.50. The molecule has 0 unspecified atom stereocenters. The number of ether oxygens (including phenoxy) is 2. The van der Waals surface area contributed by atoms with Crippen LogP contribution < -0.4 is 9.47 Å². The number of rotatable bonds is 3. The van der Waals surface area contributed by atoms with E-state index in [1.807, 2.05) is 59.2 Å². The third kappa shape index (κ3) is 2.23. The lowest BCUT2D eigenvalue weighted by Gasteiger charge is -2.04. The van der Waals surface area contributed by atoms with E-state index in [4.69, 9.17) is 14.5 Å². The fourth-order valence-electron chi connectivity index (χ4n) is 3.17. The van der Waals surface area contributed by atoms with Gasteiger partial charge >= 0.3 is 0 Å². The number of hydrogen-bond donors (Lipinski definition) is 0. The molecule has 0 atom stereocenters. The fourth-order valence-corrected chi connectivity index (χ4v) is 4.07. The van der Waals surface area contributed by atoms with Crippen molar-refractivity contribution in [2.45, 2.75) is 6.92 Å². The summed E-state index contributed by atoms with van der Waals surface area (Å²) in [7, 11) is 0. The number of hydrogen-bond acceptors (Lipinski definition) is 5. The van der Waals surface area contributed by atoms with Gasteiger partial charge in [0, 0.05) is 16.5 Å². The van der Waals surface area contributed by atoms with Crippen LogP contribution in [0.5, 0.6) is 11.5 Å². The van der Waals surface area contributed by atoms with Gasteiger partial charge in [-0.25, -0.2) is 4.98 Å². The van der Waals surface area contributed by atoms with Crippen molar-refractivity contribution in [1.29, 1.82) is 0 Å². The number of fused-ring (bicyclic) bond motifs is 2. The molecule has 5 nitrogen and oxygen atoms in total. The summed E-state index contributed by atoms with van der Waals surface area (Å²) in [5.74, 6) is 1.45. The van der Waals surface area contributed by atoms with Crippen LogP contribution in [-0.4, -0.2) is 22.5 Å². The van der Waals surface area contributed by atoms with Crippen molar-refractivity contribution in [2.75, 3.05) is 6.79 Å². The van der Waals surface area contributed by atoms with Crippen LogP contribution in [0, 0.1) is 6.92 Å². The molecule has 5 rings (SSSR count). The van der Waals surface area contributed by atoms with Crippen LogP contribution in [0.4, 0.5) is 0 Å². The minimum absolute atomic E-state index is 0.236. The minimum Gasteiger partial charge on any atom is -0.454 e. The van der Waals surface area contributed by atoms with E-state index >= 15 is 0 Å². The van der Waals surface area contributed by atoms with Gasteiger partial charge in [-0.1, -0.05) is 29.8 Å². The Bertz CT molecular complexity index is 1140. The molecular formula is C20H14N2O3S. The predicted molar refractivity (Wildman–Crippen MR) is 100 cm³/mol. The van der Waals surface area contributed by atoms with E-state index in [-0.39, 0.29) is 6.79 Å². The first-order valence-corrected chi connectivity index (χ1v) is 9.05. The van der Waals surface area contributed by atoms with Crippen molar-refractivity contribution in [3.05, 3.63) is 59.1 Å². The Morgan fingerprint density at radius 3 is 2.65 bits per heavy atom. The molecule has 0 saturated carbocycles. The van der Waals surface area contributed by atoms with Gasteiger partial charge in [-0.05, 0) is 25.1 Å². The van der Waals surface area contributed by atoms with Crippen LogP contribution in [0.25, 0.3) is 27.5 Å². The predicted octanol–water partition coefficient (Wildman–Crippen LogP) is 4.58. The fraction of sp³-hybridized carbons (Fsp3) is 0.100. The molecule has 0 saturated heterocycles. The van der Waals surface area contributed by atoms with Crippen LogP contribution in [0.1, 0.15) is 16.1 Å². The van der Waals surface area contributed by atoms with E-state index in [2.05, 4.69) is 0 Å². The molecule has 26 heavy (non-hydrogen) atoms. The Hall–Kier alpha value is -3.12. The molecule has 6 heteroatoms. The molecule has 2 aromatic carbocycles. The van der Waals surface area contributed by atoms with E-state index in [1.54, 1.807) is 0 Å². The number of thiazole rings is 1. The topological polar surface area (TPSA) is 52.8 Å². The summed E-state index contributed by atoms with van der Waals surface area (Å²) in [4.78, 5) is 17.4. The number of benzene rings is 2. The Labute approximate surface area is 153 Å². The SMILES string of the molecule is Cc1ccc(-c2nc3scc(-c4ccc5c(c4)OCO5)n3c2C=O)cc1.